The van der Waals surface area contributed by atoms with Crippen molar-refractivity contribution < 1.29 is 9.63 Å². The number of hydrogen-bond acceptors (Lipinski definition) is 6. The number of nitrogens with zero attached hydrogens (tertiary/aromatic N) is 4. The quantitative estimate of drug-likeness (QED) is 0.831. The highest BCUT2D eigenvalue weighted by atomic mass is 16.5. The molecule has 2 heterocycles. The van der Waals surface area contributed by atoms with Crippen LogP contribution in [0.25, 0.3) is 0 Å². The summed E-state index contributed by atoms with van der Waals surface area (Å²) in [6.07, 6.45) is 1.38. The molecular weight excluding hydrogens is 256 g/mol. The predicted molar refractivity (Wildman–Crippen MR) is 76.2 cm³/mol. The minimum atomic E-state index is -0.248. The van der Waals surface area contributed by atoms with E-state index < -0.39 is 0 Å². The number of rotatable bonds is 6. The van der Waals surface area contributed by atoms with Crippen LogP contribution in [0.1, 0.15) is 32.0 Å². The third-order valence-corrected chi connectivity index (χ3v) is 3.52. The van der Waals surface area contributed by atoms with Crippen LogP contribution in [0, 0.1) is 5.92 Å². The van der Waals surface area contributed by atoms with Crippen molar-refractivity contribution in [3.63, 3.8) is 0 Å². The molecule has 2 atom stereocenters. The molecule has 0 aromatic carbocycles. The van der Waals surface area contributed by atoms with E-state index in [0.29, 0.717) is 30.9 Å². The molecule has 1 saturated heterocycles. The van der Waals surface area contributed by atoms with E-state index in [4.69, 9.17) is 4.52 Å². The average Bonchev–Trinajstić information content (AvgIpc) is 2.86. The summed E-state index contributed by atoms with van der Waals surface area (Å²) < 4.78 is 5.27. The van der Waals surface area contributed by atoms with E-state index in [1.165, 1.54) is 0 Å². The lowest BCUT2D eigenvalue weighted by atomic mass is 10.1. The number of likely N-dealkylation sites (tertiary alicyclic amines) is 1. The van der Waals surface area contributed by atoms with Crippen LogP contribution in [-0.2, 0) is 13.0 Å². The Morgan fingerprint density at radius 3 is 2.85 bits per heavy atom. The van der Waals surface area contributed by atoms with E-state index in [-0.39, 0.29) is 6.10 Å². The highest BCUT2D eigenvalue weighted by molar-refractivity contribution is 4.93. The number of hydrogen-bond donors (Lipinski definition) is 1. The molecule has 6 nitrogen and oxygen atoms in total. The van der Waals surface area contributed by atoms with Gasteiger partial charge in [0, 0.05) is 25.6 Å². The van der Waals surface area contributed by atoms with E-state index in [0.717, 1.165) is 25.2 Å². The third-order valence-electron chi connectivity index (χ3n) is 3.52. The lowest BCUT2D eigenvalue weighted by Crippen LogP contribution is -2.37. The van der Waals surface area contributed by atoms with Gasteiger partial charge < -0.3 is 14.5 Å². The monoisotopic (exact) mass is 282 g/mol. The lowest BCUT2D eigenvalue weighted by Gasteiger charge is -2.25. The minimum Gasteiger partial charge on any atom is -0.392 e. The Balaban J connectivity index is 1.95. The normalized spacial score (nSPS) is 24.1. The lowest BCUT2D eigenvalue weighted by molar-refractivity contribution is 0.166. The molecule has 1 aromatic heterocycles. The molecule has 1 aliphatic rings. The molecule has 6 heteroatoms. The van der Waals surface area contributed by atoms with Gasteiger partial charge in [-0.25, -0.2) is 0 Å². The molecule has 2 rings (SSSR count). The molecule has 0 aliphatic carbocycles. The van der Waals surface area contributed by atoms with Crippen LogP contribution in [0.2, 0.25) is 0 Å². The van der Waals surface area contributed by atoms with Crippen molar-refractivity contribution in [2.75, 3.05) is 27.2 Å². The summed E-state index contributed by atoms with van der Waals surface area (Å²) in [5.74, 6) is 1.94. The molecule has 1 fully saturated rings. The van der Waals surface area contributed by atoms with Gasteiger partial charge in [0.25, 0.3) is 0 Å². The molecule has 20 heavy (non-hydrogen) atoms. The van der Waals surface area contributed by atoms with E-state index in [1.54, 1.807) is 0 Å². The summed E-state index contributed by atoms with van der Waals surface area (Å²) in [7, 11) is 4.11. The second-order valence-corrected chi connectivity index (χ2v) is 6.44. The van der Waals surface area contributed by atoms with Crippen molar-refractivity contribution in [3.8, 4) is 0 Å². The fraction of sp³-hybridized carbons (Fsp3) is 0.857. The molecule has 114 valence electrons. The number of aliphatic hydroxyl groups excluding tert-OH is 1. The Bertz CT molecular complexity index is 419. The topological polar surface area (TPSA) is 65.6 Å². The van der Waals surface area contributed by atoms with Crippen molar-refractivity contribution in [1.82, 2.24) is 19.9 Å². The number of aromatic nitrogens is 2. The third kappa shape index (κ3) is 4.26. The maximum absolute atomic E-state index is 9.86. The summed E-state index contributed by atoms with van der Waals surface area (Å²) in [5, 5.41) is 13.9. The Labute approximate surface area is 120 Å². The summed E-state index contributed by atoms with van der Waals surface area (Å²) in [6, 6.07) is 0.354. The van der Waals surface area contributed by atoms with Gasteiger partial charge in [-0.15, -0.1) is 0 Å². The van der Waals surface area contributed by atoms with E-state index >= 15 is 0 Å². The summed E-state index contributed by atoms with van der Waals surface area (Å²) in [5.41, 5.74) is 0. The zero-order valence-electron chi connectivity index (χ0n) is 12.9. The fourth-order valence-electron chi connectivity index (χ4n) is 2.73. The highest BCUT2D eigenvalue weighted by Crippen LogP contribution is 2.20. The van der Waals surface area contributed by atoms with E-state index in [1.807, 2.05) is 0 Å². The second-order valence-electron chi connectivity index (χ2n) is 6.44. The van der Waals surface area contributed by atoms with E-state index in [9.17, 15) is 5.11 Å². The van der Waals surface area contributed by atoms with Crippen LogP contribution in [0.4, 0.5) is 0 Å². The summed E-state index contributed by atoms with van der Waals surface area (Å²) in [6.45, 7) is 6.54. The minimum absolute atomic E-state index is 0.248. The fourth-order valence-corrected chi connectivity index (χ4v) is 2.73. The molecule has 1 aliphatic heterocycles. The SMILES string of the molecule is CC(C)Cc1nc(CN2CC(O)CC2CN(C)C)no1. The number of β-amino-alcohol motifs (C(OH)–C–C–N with tert-alkyl or cyclic N) is 1. The van der Waals surface area contributed by atoms with Crippen LogP contribution in [-0.4, -0.2) is 64.4 Å². The molecule has 0 spiro atoms. The molecule has 1 N–H and O–H groups in total. The average molecular weight is 282 g/mol. The van der Waals surface area contributed by atoms with Crippen LogP contribution in [0.5, 0.6) is 0 Å². The Morgan fingerprint density at radius 2 is 2.20 bits per heavy atom. The molecular formula is C14H26N4O2. The Morgan fingerprint density at radius 1 is 1.45 bits per heavy atom. The number of aliphatic hydroxyl groups is 1. The van der Waals surface area contributed by atoms with Gasteiger partial charge in [0.1, 0.15) is 0 Å². The zero-order valence-corrected chi connectivity index (χ0v) is 12.9. The van der Waals surface area contributed by atoms with Crippen molar-refractivity contribution in [2.24, 2.45) is 5.92 Å². The van der Waals surface area contributed by atoms with Crippen LogP contribution < -0.4 is 0 Å². The van der Waals surface area contributed by atoms with Gasteiger partial charge in [-0.05, 0) is 26.4 Å². The smallest absolute Gasteiger partial charge is 0.226 e. The van der Waals surface area contributed by atoms with Crippen molar-refractivity contribution in [2.45, 2.75) is 45.4 Å². The van der Waals surface area contributed by atoms with Gasteiger partial charge in [0.05, 0.1) is 12.6 Å². The first kappa shape index (κ1) is 15.4. The van der Waals surface area contributed by atoms with Crippen molar-refractivity contribution in [1.29, 1.82) is 0 Å². The van der Waals surface area contributed by atoms with Gasteiger partial charge >= 0.3 is 0 Å². The Kier molecular flexibility index (Phi) is 5.12. The van der Waals surface area contributed by atoms with Crippen LogP contribution >= 0.6 is 0 Å². The number of likely N-dealkylation sites (N-methyl/N-ethyl adjacent to an activating group) is 1. The van der Waals surface area contributed by atoms with Gasteiger partial charge in [-0.1, -0.05) is 19.0 Å². The van der Waals surface area contributed by atoms with Crippen LogP contribution in [0.3, 0.4) is 0 Å². The molecule has 0 amide bonds. The standard InChI is InChI=1S/C14H26N4O2/c1-10(2)5-14-15-13(16-20-14)9-18-8-12(19)6-11(18)7-17(3)4/h10-12,19H,5-9H2,1-4H3. The second kappa shape index (κ2) is 6.65. The molecule has 0 bridgehead atoms. The first-order valence-corrected chi connectivity index (χ1v) is 7.32. The van der Waals surface area contributed by atoms with Gasteiger partial charge in [-0.2, -0.15) is 4.98 Å². The van der Waals surface area contributed by atoms with Gasteiger partial charge in [-0.3, -0.25) is 4.90 Å². The van der Waals surface area contributed by atoms with Crippen LogP contribution in [0.15, 0.2) is 4.52 Å². The van der Waals surface area contributed by atoms with Gasteiger partial charge in [0.2, 0.25) is 5.89 Å². The predicted octanol–water partition coefficient (Wildman–Crippen LogP) is 0.765. The summed E-state index contributed by atoms with van der Waals surface area (Å²) in [4.78, 5) is 8.83. The molecule has 0 radical (unpaired) electrons. The summed E-state index contributed by atoms with van der Waals surface area (Å²) >= 11 is 0. The highest BCUT2D eigenvalue weighted by Gasteiger charge is 2.32. The maximum atomic E-state index is 9.86. The van der Waals surface area contributed by atoms with Crippen molar-refractivity contribution in [3.05, 3.63) is 11.7 Å². The molecule has 1 aromatic rings. The Hall–Kier alpha value is -0.980. The first-order chi connectivity index (χ1) is 9.44. The van der Waals surface area contributed by atoms with E-state index in [2.05, 4.69) is 47.9 Å². The molecule has 0 saturated carbocycles. The first-order valence-electron chi connectivity index (χ1n) is 7.32. The maximum Gasteiger partial charge on any atom is 0.226 e. The largest absolute Gasteiger partial charge is 0.392 e. The zero-order chi connectivity index (χ0) is 14.7. The van der Waals surface area contributed by atoms with Gasteiger partial charge in [0.15, 0.2) is 5.82 Å². The molecule has 2 unspecified atom stereocenters. The van der Waals surface area contributed by atoms with Crippen molar-refractivity contribution >= 4 is 0 Å².